The molecule has 0 radical (unpaired) electrons. The average Bonchev–Trinajstić information content (AvgIpc) is 2.63. The first-order chi connectivity index (χ1) is 12.4. The van der Waals surface area contributed by atoms with Gasteiger partial charge in [-0.3, -0.25) is 9.59 Å². The molecule has 136 valence electrons. The van der Waals surface area contributed by atoms with Crippen molar-refractivity contribution in [1.29, 1.82) is 0 Å². The Morgan fingerprint density at radius 2 is 2.04 bits per heavy atom. The van der Waals surface area contributed by atoms with Crippen molar-refractivity contribution in [3.8, 4) is 0 Å². The summed E-state index contributed by atoms with van der Waals surface area (Å²) in [5, 5.41) is 2.73. The largest absolute Gasteiger partial charge is 0.336 e. The lowest BCUT2D eigenvalue weighted by Gasteiger charge is -2.31. The number of nitrogens with zero attached hydrogens (tertiary/aromatic N) is 3. The van der Waals surface area contributed by atoms with E-state index in [4.69, 9.17) is 0 Å². The van der Waals surface area contributed by atoms with Crippen LogP contribution in [-0.4, -0.2) is 39.8 Å². The Kier molecular flexibility index (Phi) is 5.20. The summed E-state index contributed by atoms with van der Waals surface area (Å²) in [5.74, 6) is -2.74. The van der Waals surface area contributed by atoms with E-state index in [0.29, 0.717) is 31.3 Å². The van der Waals surface area contributed by atoms with Crippen LogP contribution in [0.5, 0.6) is 0 Å². The summed E-state index contributed by atoms with van der Waals surface area (Å²) in [6.07, 6.45) is 3.66. The van der Waals surface area contributed by atoms with Crippen LogP contribution >= 0.6 is 0 Å². The van der Waals surface area contributed by atoms with Crippen LogP contribution in [0.1, 0.15) is 28.9 Å². The van der Waals surface area contributed by atoms with Crippen LogP contribution in [0.25, 0.3) is 0 Å². The summed E-state index contributed by atoms with van der Waals surface area (Å²) in [4.78, 5) is 33.9. The second-order valence-electron chi connectivity index (χ2n) is 6.28. The van der Waals surface area contributed by atoms with Gasteiger partial charge in [-0.05, 0) is 31.4 Å². The number of anilines is 1. The number of carbonyl (C=O) groups is 2. The molecule has 26 heavy (non-hydrogen) atoms. The Morgan fingerprint density at radius 1 is 1.23 bits per heavy atom. The molecular formula is C18H18F2N4O2. The van der Waals surface area contributed by atoms with Crippen LogP contribution in [0, 0.1) is 24.5 Å². The number of hydrogen-bond donors (Lipinski definition) is 1. The predicted octanol–water partition coefficient (Wildman–Crippen LogP) is 2.55. The highest BCUT2D eigenvalue weighted by Gasteiger charge is 2.30. The lowest BCUT2D eigenvalue weighted by molar-refractivity contribution is -0.121. The molecule has 2 aromatic rings. The van der Waals surface area contributed by atoms with E-state index in [9.17, 15) is 18.4 Å². The van der Waals surface area contributed by atoms with Crippen molar-refractivity contribution in [2.75, 3.05) is 18.4 Å². The fourth-order valence-corrected chi connectivity index (χ4v) is 2.87. The summed E-state index contributed by atoms with van der Waals surface area (Å²) in [6, 6.07) is 4.16. The van der Waals surface area contributed by atoms with Crippen molar-refractivity contribution in [2.24, 2.45) is 5.92 Å². The molecule has 1 aliphatic rings. The van der Waals surface area contributed by atoms with Crippen LogP contribution in [0.4, 0.5) is 14.6 Å². The van der Waals surface area contributed by atoms with Gasteiger partial charge in [0.1, 0.15) is 11.6 Å². The maximum absolute atomic E-state index is 13.8. The molecule has 2 amide bonds. The molecule has 0 aliphatic carbocycles. The van der Waals surface area contributed by atoms with E-state index in [2.05, 4.69) is 15.3 Å². The highest BCUT2D eigenvalue weighted by Crippen LogP contribution is 2.20. The second kappa shape index (κ2) is 7.55. The van der Waals surface area contributed by atoms with Crippen molar-refractivity contribution in [3.63, 3.8) is 0 Å². The van der Waals surface area contributed by atoms with E-state index in [1.54, 1.807) is 12.3 Å². The van der Waals surface area contributed by atoms with E-state index >= 15 is 0 Å². The van der Waals surface area contributed by atoms with Gasteiger partial charge in [-0.25, -0.2) is 18.7 Å². The van der Waals surface area contributed by atoms with Gasteiger partial charge < -0.3 is 10.2 Å². The number of pyridine rings is 2. The SMILES string of the molecule is Cc1ccc(NC(=O)C2CCCN(C(=O)c3ncc(F)cc3F)C2)nc1. The molecule has 0 saturated carbocycles. The lowest BCUT2D eigenvalue weighted by atomic mass is 9.96. The fourth-order valence-electron chi connectivity index (χ4n) is 2.87. The van der Waals surface area contributed by atoms with E-state index in [-0.39, 0.29) is 12.5 Å². The number of amides is 2. The third-order valence-electron chi connectivity index (χ3n) is 4.25. The van der Waals surface area contributed by atoms with Gasteiger partial charge in [0.2, 0.25) is 5.91 Å². The van der Waals surface area contributed by atoms with Gasteiger partial charge in [-0.1, -0.05) is 6.07 Å². The maximum atomic E-state index is 13.8. The van der Waals surface area contributed by atoms with E-state index in [1.165, 1.54) is 4.90 Å². The maximum Gasteiger partial charge on any atom is 0.275 e. The first-order valence-corrected chi connectivity index (χ1v) is 8.28. The summed E-state index contributed by atoms with van der Waals surface area (Å²) in [5.41, 5.74) is 0.541. The smallest absolute Gasteiger partial charge is 0.275 e. The standard InChI is InChI=1S/C18H18F2N4O2/c1-11-4-5-15(21-8-11)23-17(25)12-3-2-6-24(10-12)18(26)16-14(20)7-13(19)9-22-16/h4-5,7-9,12H,2-3,6,10H2,1H3,(H,21,23,25). The quantitative estimate of drug-likeness (QED) is 0.913. The lowest BCUT2D eigenvalue weighted by Crippen LogP contribution is -2.44. The number of halogens is 2. The zero-order valence-electron chi connectivity index (χ0n) is 14.2. The molecule has 1 unspecified atom stereocenters. The van der Waals surface area contributed by atoms with Crippen LogP contribution in [0.2, 0.25) is 0 Å². The molecule has 1 saturated heterocycles. The zero-order chi connectivity index (χ0) is 18.7. The number of carbonyl (C=O) groups excluding carboxylic acids is 2. The minimum Gasteiger partial charge on any atom is -0.336 e. The van der Waals surface area contributed by atoms with Gasteiger partial charge in [0.25, 0.3) is 5.91 Å². The molecule has 0 aromatic carbocycles. The molecule has 1 fully saturated rings. The number of hydrogen-bond acceptors (Lipinski definition) is 4. The fraction of sp³-hybridized carbons (Fsp3) is 0.333. The van der Waals surface area contributed by atoms with Gasteiger partial charge in [-0.15, -0.1) is 0 Å². The molecule has 8 heteroatoms. The van der Waals surface area contributed by atoms with Gasteiger partial charge >= 0.3 is 0 Å². The minimum atomic E-state index is -1.01. The number of rotatable bonds is 3. The number of nitrogens with one attached hydrogen (secondary N) is 1. The molecule has 3 heterocycles. The van der Waals surface area contributed by atoms with Gasteiger partial charge in [0, 0.05) is 25.4 Å². The van der Waals surface area contributed by atoms with Crippen LogP contribution in [0.3, 0.4) is 0 Å². The van der Waals surface area contributed by atoms with Crippen molar-refractivity contribution in [2.45, 2.75) is 19.8 Å². The highest BCUT2D eigenvalue weighted by atomic mass is 19.1. The summed E-state index contributed by atoms with van der Waals surface area (Å²) >= 11 is 0. The van der Waals surface area contributed by atoms with Gasteiger partial charge in [0.05, 0.1) is 12.1 Å². The first kappa shape index (κ1) is 17.9. The van der Waals surface area contributed by atoms with Crippen molar-refractivity contribution in [3.05, 3.63) is 53.5 Å². The van der Waals surface area contributed by atoms with Gasteiger partial charge in [-0.2, -0.15) is 0 Å². The molecule has 0 bridgehead atoms. The molecule has 1 atom stereocenters. The number of piperidine rings is 1. The van der Waals surface area contributed by atoms with E-state index < -0.39 is 29.2 Å². The normalized spacial score (nSPS) is 17.0. The summed E-state index contributed by atoms with van der Waals surface area (Å²) < 4.78 is 26.8. The van der Waals surface area contributed by atoms with Crippen molar-refractivity contribution >= 4 is 17.6 Å². The topological polar surface area (TPSA) is 75.2 Å². The molecule has 1 N–H and O–H groups in total. The zero-order valence-corrected chi connectivity index (χ0v) is 14.2. The minimum absolute atomic E-state index is 0.148. The van der Waals surface area contributed by atoms with Crippen molar-refractivity contribution < 1.29 is 18.4 Å². The van der Waals surface area contributed by atoms with E-state index in [1.807, 2.05) is 13.0 Å². The van der Waals surface area contributed by atoms with Crippen LogP contribution < -0.4 is 5.32 Å². The number of aryl methyl sites for hydroxylation is 1. The average molecular weight is 360 g/mol. The van der Waals surface area contributed by atoms with Crippen molar-refractivity contribution in [1.82, 2.24) is 14.9 Å². The molecule has 3 rings (SSSR count). The second-order valence-corrected chi connectivity index (χ2v) is 6.28. The highest BCUT2D eigenvalue weighted by molar-refractivity contribution is 5.95. The summed E-state index contributed by atoms with van der Waals surface area (Å²) in [6.45, 7) is 2.44. The number of likely N-dealkylation sites (tertiary alicyclic amines) is 1. The Balaban J connectivity index is 1.67. The Morgan fingerprint density at radius 3 is 2.73 bits per heavy atom. The molecule has 0 spiro atoms. The van der Waals surface area contributed by atoms with Gasteiger partial charge in [0.15, 0.2) is 11.5 Å². The Labute approximate surface area is 149 Å². The molecule has 2 aromatic heterocycles. The molecule has 6 nitrogen and oxygen atoms in total. The Bertz CT molecular complexity index is 826. The monoisotopic (exact) mass is 360 g/mol. The third-order valence-corrected chi connectivity index (χ3v) is 4.25. The predicted molar refractivity (Wildman–Crippen MR) is 90.4 cm³/mol. The first-order valence-electron chi connectivity index (χ1n) is 8.28. The number of aromatic nitrogens is 2. The molecule has 1 aliphatic heterocycles. The third kappa shape index (κ3) is 4.01. The van der Waals surface area contributed by atoms with E-state index in [0.717, 1.165) is 11.8 Å². The molecular weight excluding hydrogens is 342 g/mol. The summed E-state index contributed by atoms with van der Waals surface area (Å²) in [7, 11) is 0. The van der Waals surface area contributed by atoms with Crippen LogP contribution in [0.15, 0.2) is 30.6 Å². The van der Waals surface area contributed by atoms with Crippen LogP contribution in [-0.2, 0) is 4.79 Å². The Hall–Kier alpha value is -2.90.